The molecule has 0 saturated carbocycles. The van der Waals surface area contributed by atoms with Crippen molar-refractivity contribution < 1.29 is 9.64 Å². The summed E-state index contributed by atoms with van der Waals surface area (Å²) in [6.45, 7) is 6.92. The van der Waals surface area contributed by atoms with Gasteiger partial charge < -0.3 is 9.64 Å². The Morgan fingerprint density at radius 1 is 1.47 bits per heavy atom. The van der Waals surface area contributed by atoms with E-state index in [0.717, 1.165) is 30.3 Å². The molecule has 2 aromatic heterocycles. The molecule has 2 aromatic rings. The van der Waals surface area contributed by atoms with Gasteiger partial charge >= 0.3 is 0 Å². The quantitative estimate of drug-likeness (QED) is 0.839. The largest absolute Gasteiger partial charge is 0.364 e. The average Bonchev–Trinajstić information content (AvgIpc) is 2.75. The molecule has 1 fully saturated rings. The number of nitrogens with one attached hydrogen (secondary N) is 1. The van der Waals surface area contributed by atoms with Gasteiger partial charge in [-0.05, 0) is 13.8 Å². The minimum atomic E-state index is 0.00927. The first-order chi connectivity index (χ1) is 9.11. The van der Waals surface area contributed by atoms with E-state index in [2.05, 4.69) is 18.8 Å². The van der Waals surface area contributed by atoms with Crippen molar-refractivity contribution in [2.75, 3.05) is 13.1 Å². The Kier molecular flexibility index (Phi) is 3.38. The molecular weight excluding hydrogens is 262 g/mol. The molecule has 5 nitrogen and oxygen atoms in total. The number of nitrogens with zero attached hydrogens (tertiary/aromatic N) is 2. The van der Waals surface area contributed by atoms with Crippen molar-refractivity contribution in [2.24, 2.45) is 0 Å². The molecule has 1 N–H and O–H groups in total. The summed E-state index contributed by atoms with van der Waals surface area (Å²) in [6.07, 6.45) is 2.31. The molecule has 1 aliphatic heterocycles. The third kappa shape index (κ3) is 2.70. The second-order valence-corrected chi connectivity index (χ2v) is 6.11. The molecule has 0 spiro atoms. The predicted octanol–water partition coefficient (Wildman–Crippen LogP) is -0.0519. The lowest BCUT2D eigenvalue weighted by atomic mass is 10.2. The van der Waals surface area contributed by atoms with Crippen molar-refractivity contribution in [1.29, 1.82) is 0 Å². The number of fused-ring (bicyclic) bond motifs is 1. The van der Waals surface area contributed by atoms with Gasteiger partial charge in [0.2, 0.25) is 0 Å². The molecule has 3 heterocycles. The maximum atomic E-state index is 11.9. The molecule has 0 amide bonds. The van der Waals surface area contributed by atoms with E-state index in [1.165, 1.54) is 16.2 Å². The molecule has 0 radical (unpaired) electrons. The first-order valence-corrected chi connectivity index (χ1v) is 7.44. The number of hydrogen-bond acceptors (Lipinski definition) is 4. The Bertz CT molecular complexity index is 626. The summed E-state index contributed by atoms with van der Waals surface area (Å²) in [5, 5.41) is 1.89. The van der Waals surface area contributed by atoms with E-state index >= 15 is 0 Å². The Hall–Kier alpha value is -1.24. The molecule has 0 bridgehead atoms. The van der Waals surface area contributed by atoms with Crippen LogP contribution in [-0.4, -0.2) is 34.7 Å². The number of aromatic nitrogens is 2. The fraction of sp³-hybridized carbons (Fsp3) is 0.538. The Morgan fingerprint density at radius 3 is 2.95 bits per heavy atom. The van der Waals surface area contributed by atoms with Crippen LogP contribution in [0.5, 0.6) is 0 Å². The van der Waals surface area contributed by atoms with Crippen molar-refractivity contribution in [1.82, 2.24) is 9.38 Å². The summed E-state index contributed by atoms with van der Waals surface area (Å²) in [6, 6.07) is 1.65. The van der Waals surface area contributed by atoms with Crippen LogP contribution in [0.1, 0.15) is 19.5 Å². The lowest BCUT2D eigenvalue weighted by Crippen LogP contribution is -3.14. The van der Waals surface area contributed by atoms with Crippen LogP contribution < -0.4 is 10.5 Å². The molecule has 1 unspecified atom stereocenters. The zero-order valence-electron chi connectivity index (χ0n) is 11.1. The summed E-state index contributed by atoms with van der Waals surface area (Å²) in [5.74, 6) is 0. The van der Waals surface area contributed by atoms with Crippen molar-refractivity contribution in [3.63, 3.8) is 0 Å². The van der Waals surface area contributed by atoms with Crippen molar-refractivity contribution in [2.45, 2.75) is 32.6 Å². The lowest BCUT2D eigenvalue weighted by molar-refractivity contribution is -0.928. The maximum Gasteiger partial charge on any atom is 0.258 e. The molecule has 1 aliphatic rings. The van der Waals surface area contributed by atoms with Gasteiger partial charge in [0.1, 0.15) is 37.5 Å². The smallest absolute Gasteiger partial charge is 0.258 e. The first kappa shape index (κ1) is 12.8. The number of hydrogen-bond donors (Lipinski definition) is 1. The number of ether oxygens (including phenoxy) is 1. The highest BCUT2D eigenvalue weighted by Crippen LogP contribution is 2.06. The van der Waals surface area contributed by atoms with Crippen LogP contribution in [0.25, 0.3) is 4.96 Å². The third-order valence-corrected chi connectivity index (χ3v) is 4.16. The number of rotatable bonds is 2. The zero-order valence-corrected chi connectivity index (χ0v) is 11.9. The monoisotopic (exact) mass is 280 g/mol. The SMILES string of the molecule is C[C@@H]1C[NH+](Cc2cc(=O)n3ccsc3n2)C[C@H](C)O1. The lowest BCUT2D eigenvalue weighted by Gasteiger charge is -2.32. The highest BCUT2D eigenvalue weighted by molar-refractivity contribution is 7.15. The van der Waals surface area contributed by atoms with Gasteiger partial charge in [-0.1, -0.05) is 0 Å². The Balaban J connectivity index is 1.83. The average molecular weight is 280 g/mol. The van der Waals surface area contributed by atoms with Gasteiger partial charge in [0.05, 0.1) is 0 Å². The highest BCUT2D eigenvalue weighted by Gasteiger charge is 2.26. The molecule has 1 saturated heterocycles. The maximum absolute atomic E-state index is 11.9. The summed E-state index contributed by atoms with van der Waals surface area (Å²) < 4.78 is 7.32. The van der Waals surface area contributed by atoms with Crippen molar-refractivity contribution in [3.8, 4) is 0 Å². The van der Waals surface area contributed by atoms with Crippen molar-refractivity contribution in [3.05, 3.63) is 33.7 Å². The third-order valence-electron chi connectivity index (χ3n) is 3.40. The predicted molar refractivity (Wildman–Crippen MR) is 73.7 cm³/mol. The van der Waals surface area contributed by atoms with E-state index in [1.807, 2.05) is 5.38 Å². The minimum absolute atomic E-state index is 0.00927. The molecule has 3 atom stereocenters. The van der Waals surface area contributed by atoms with Crippen LogP contribution in [0.2, 0.25) is 0 Å². The molecule has 3 rings (SSSR count). The highest BCUT2D eigenvalue weighted by atomic mass is 32.1. The van der Waals surface area contributed by atoms with E-state index in [-0.39, 0.29) is 17.8 Å². The fourth-order valence-corrected chi connectivity index (χ4v) is 3.51. The summed E-state index contributed by atoms with van der Waals surface area (Å²) >= 11 is 1.50. The van der Waals surface area contributed by atoms with Crippen LogP contribution in [0.4, 0.5) is 0 Å². The molecule has 0 aliphatic carbocycles. The second kappa shape index (κ2) is 5.03. The minimum Gasteiger partial charge on any atom is -0.364 e. The first-order valence-electron chi connectivity index (χ1n) is 6.56. The van der Waals surface area contributed by atoms with Gasteiger partial charge in [0, 0.05) is 17.6 Å². The van der Waals surface area contributed by atoms with Crippen LogP contribution >= 0.6 is 11.3 Å². The van der Waals surface area contributed by atoms with Crippen LogP contribution in [0.15, 0.2) is 22.4 Å². The van der Waals surface area contributed by atoms with Crippen LogP contribution in [0, 0.1) is 0 Å². The summed E-state index contributed by atoms with van der Waals surface area (Å²) in [5.41, 5.74) is 0.888. The van der Waals surface area contributed by atoms with Gasteiger partial charge in [-0.25, -0.2) is 4.98 Å². The van der Waals surface area contributed by atoms with E-state index in [0.29, 0.717) is 0 Å². The summed E-state index contributed by atoms with van der Waals surface area (Å²) in [7, 11) is 0. The van der Waals surface area contributed by atoms with Gasteiger partial charge in [0.25, 0.3) is 5.56 Å². The standard InChI is InChI=1S/C13H17N3O2S/c1-9-6-15(7-10(2)18-9)8-11-5-12(17)16-3-4-19-13(16)14-11/h3-5,9-10H,6-8H2,1-2H3/p+1/t9-,10+. The number of quaternary nitrogens is 1. The number of morpholine rings is 1. The Morgan fingerprint density at radius 2 is 2.21 bits per heavy atom. The normalized spacial score (nSPS) is 27.8. The summed E-state index contributed by atoms with van der Waals surface area (Å²) in [4.78, 5) is 18.7. The van der Waals surface area contributed by atoms with Crippen LogP contribution in [-0.2, 0) is 11.3 Å². The Labute approximate surface area is 115 Å². The van der Waals surface area contributed by atoms with Crippen molar-refractivity contribution >= 4 is 16.3 Å². The van der Waals surface area contributed by atoms with E-state index < -0.39 is 0 Å². The number of thiazole rings is 1. The molecule has 19 heavy (non-hydrogen) atoms. The van der Waals surface area contributed by atoms with Gasteiger partial charge in [-0.2, -0.15) is 0 Å². The topological polar surface area (TPSA) is 48.0 Å². The van der Waals surface area contributed by atoms with Gasteiger partial charge in [0.15, 0.2) is 4.96 Å². The molecule has 6 heteroatoms. The van der Waals surface area contributed by atoms with Gasteiger partial charge in [-0.15, -0.1) is 11.3 Å². The van der Waals surface area contributed by atoms with Gasteiger partial charge in [-0.3, -0.25) is 9.20 Å². The van der Waals surface area contributed by atoms with E-state index in [1.54, 1.807) is 16.7 Å². The second-order valence-electron chi connectivity index (χ2n) is 5.23. The van der Waals surface area contributed by atoms with Crippen LogP contribution in [0.3, 0.4) is 0 Å². The molecule has 0 aromatic carbocycles. The molecule has 102 valence electrons. The van der Waals surface area contributed by atoms with E-state index in [4.69, 9.17) is 4.74 Å². The fourth-order valence-electron chi connectivity index (χ4n) is 2.77. The zero-order chi connectivity index (χ0) is 13.4. The van der Waals surface area contributed by atoms with E-state index in [9.17, 15) is 4.79 Å². The molecular formula is C13H18N3O2S+.